The molecule has 1 aromatic carbocycles. The molecule has 0 aliphatic rings. The maximum atomic E-state index is 8.46. The Morgan fingerprint density at radius 2 is 2.10 bits per heavy atom. The summed E-state index contributed by atoms with van der Waals surface area (Å²) in [6, 6.07) is 9.70. The highest BCUT2D eigenvalue weighted by Gasteiger charge is 2.11. The van der Waals surface area contributed by atoms with Crippen molar-refractivity contribution in [3.63, 3.8) is 0 Å². The number of nitrogens with one attached hydrogen (secondary N) is 1. The van der Waals surface area contributed by atoms with Crippen LogP contribution in [0.4, 0.5) is 5.69 Å². The number of hydrogen-bond donors (Lipinski definition) is 1. The molecule has 0 spiro atoms. The summed E-state index contributed by atoms with van der Waals surface area (Å²) in [6.45, 7) is 4.18. The molecule has 20 heavy (non-hydrogen) atoms. The fourth-order valence-electron chi connectivity index (χ4n) is 2.13. The van der Waals surface area contributed by atoms with E-state index in [4.69, 9.17) is 10.00 Å². The van der Waals surface area contributed by atoms with Crippen molar-refractivity contribution in [2.24, 2.45) is 7.05 Å². The van der Waals surface area contributed by atoms with Crippen molar-refractivity contribution in [3.05, 3.63) is 41.7 Å². The van der Waals surface area contributed by atoms with Crippen molar-refractivity contribution in [3.8, 4) is 11.8 Å². The summed E-state index contributed by atoms with van der Waals surface area (Å²) in [5.74, 6) is 0.697. The lowest BCUT2D eigenvalue weighted by atomic mass is 10.1. The van der Waals surface area contributed by atoms with E-state index < -0.39 is 0 Å². The molecule has 5 nitrogen and oxygen atoms in total. The van der Waals surface area contributed by atoms with Gasteiger partial charge < -0.3 is 10.1 Å². The molecule has 5 heteroatoms. The van der Waals surface area contributed by atoms with Crippen molar-refractivity contribution in [1.29, 1.82) is 5.26 Å². The Hall–Kier alpha value is -2.48. The molecule has 0 saturated heterocycles. The highest BCUT2D eigenvalue weighted by atomic mass is 16.5. The average Bonchev–Trinajstić information content (AvgIpc) is 2.77. The van der Waals surface area contributed by atoms with Crippen LogP contribution in [-0.2, 0) is 7.05 Å². The van der Waals surface area contributed by atoms with Crippen molar-refractivity contribution in [2.45, 2.75) is 19.9 Å². The van der Waals surface area contributed by atoms with E-state index in [2.05, 4.69) is 17.3 Å². The molecule has 1 N–H and O–H groups in total. The fourth-order valence-corrected chi connectivity index (χ4v) is 2.13. The van der Waals surface area contributed by atoms with Crippen LogP contribution in [0.2, 0.25) is 0 Å². The van der Waals surface area contributed by atoms with Crippen LogP contribution < -0.4 is 10.1 Å². The number of ether oxygens (including phenoxy) is 1. The van der Waals surface area contributed by atoms with Gasteiger partial charge in [0, 0.05) is 24.5 Å². The first-order valence-electron chi connectivity index (χ1n) is 6.46. The topological polar surface area (TPSA) is 62.9 Å². The first-order chi connectivity index (χ1) is 9.60. The zero-order valence-corrected chi connectivity index (χ0v) is 11.9. The molecule has 0 saturated carbocycles. The van der Waals surface area contributed by atoms with Crippen LogP contribution in [-0.4, -0.2) is 16.4 Å². The van der Waals surface area contributed by atoms with Crippen LogP contribution in [0.25, 0.3) is 0 Å². The molecule has 2 aromatic rings. The van der Waals surface area contributed by atoms with Crippen molar-refractivity contribution in [2.75, 3.05) is 11.9 Å². The average molecular weight is 270 g/mol. The van der Waals surface area contributed by atoms with Gasteiger partial charge in [-0.05, 0) is 38.1 Å². The first kappa shape index (κ1) is 13.9. The molecule has 1 aromatic heterocycles. The standard InChI is InChI=1S/C15H18N4O/c1-11(15-10-19(3)18-12(15)2)17-13-4-6-14(7-5-13)20-9-8-16/h4-7,10-11,17H,9H2,1-3H3. The number of nitriles is 1. The largest absolute Gasteiger partial charge is 0.479 e. The van der Waals surface area contributed by atoms with Crippen LogP contribution in [0.3, 0.4) is 0 Å². The van der Waals surface area contributed by atoms with E-state index in [-0.39, 0.29) is 12.6 Å². The Labute approximate surface area is 118 Å². The Kier molecular flexibility index (Phi) is 4.26. The summed E-state index contributed by atoms with van der Waals surface area (Å²) in [6.07, 6.45) is 2.03. The van der Waals surface area contributed by atoms with Gasteiger partial charge in [0.05, 0.1) is 11.7 Å². The molecule has 1 heterocycles. The van der Waals surface area contributed by atoms with E-state index in [0.29, 0.717) is 5.75 Å². The molecule has 0 fully saturated rings. The van der Waals surface area contributed by atoms with E-state index in [1.807, 2.05) is 55.2 Å². The van der Waals surface area contributed by atoms with Crippen LogP contribution in [0.15, 0.2) is 30.5 Å². The summed E-state index contributed by atoms with van der Waals surface area (Å²) in [4.78, 5) is 0. The lowest BCUT2D eigenvalue weighted by molar-refractivity contribution is 0.368. The molecule has 0 aliphatic carbocycles. The van der Waals surface area contributed by atoms with E-state index in [1.54, 1.807) is 0 Å². The second-order valence-electron chi connectivity index (χ2n) is 4.68. The SMILES string of the molecule is Cc1nn(C)cc1C(C)Nc1ccc(OCC#N)cc1. The number of anilines is 1. The van der Waals surface area contributed by atoms with Gasteiger partial charge in [0.1, 0.15) is 11.8 Å². The monoisotopic (exact) mass is 270 g/mol. The third-order valence-electron chi connectivity index (χ3n) is 3.06. The normalized spacial score (nSPS) is 11.7. The van der Waals surface area contributed by atoms with E-state index in [9.17, 15) is 0 Å². The van der Waals surface area contributed by atoms with E-state index >= 15 is 0 Å². The minimum atomic E-state index is 0.0675. The maximum absolute atomic E-state index is 8.46. The van der Waals surface area contributed by atoms with Gasteiger partial charge in [0.2, 0.25) is 0 Å². The van der Waals surface area contributed by atoms with Gasteiger partial charge in [-0.2, -0.15) is 10.4 Å². The minimum absolute atomic E-state index is 0.0675. The molecule has 1 atom stereocenters. The van der Waals surface area contributed by atoms with Gasteiger partial charge in [-0.15, -0.1) is 0 Å². The minimum Gasteiger partial charge on any atom is -0.479 e. The third kappa shape index (κ3) is 3.29. The zero-order chi connectivity index (χ0) is 14.5. The van der Waals surface area contributed by atoms with Crippen LogP contribution in [0.1, 0.15) is 24.2 Å². The van der Waals surface area contributed by atoms with Crippen molar-refractivity contribution >= 4 is 5.69 Å². The second-order valence-corrected chi connectivity index (χ2v) is 4.68. The van der Waals surface area contributed by atoms with Gasteiger partial charge in [0.15, 0.2) is 6.61 Å². The molecule has 2 rings (SSSR count). The Morgan fingerprint density at radius 3 is 2.65 bits per heavy atom. The molecule has 0 radical (unpaired) electrons. The highest BCUT2D eigenvalue weighted by Crippen LogP contribution is 2.23. The summed E-state index contributed by atoms with van der Waals surface area (Å²) in [5.41, 5.74) is 3.21. The Bertz CT molecular complexity index is 610. The maximum Gasteiger partial charge on any atom is 0.174 e. The smallest absolute Gasteiger partial charge is 0.174 e. The third-order valence-corrected chi connectivity index (χ3v) is 3.06. The summed E-state index contributed by atoms with van der Waals surface area (Å²) >= 11 is 0. The van der Waals surface area contributed by atoms with E-state index in [0.717, 1.165) is 11.4 Å². The molecular formula is C15H18N4O. The lowest BCUT2D eigenvalue weighted by Crippen LogP contribution is -2.07. The van der Waals surface area contributed by atoms with Crippen molar-refractivity contribution in [1.82, 2.24) is 9.78 Å². The van der Waals surface area contributed by atoms with E-state index in [1.165, 1.54) is 5.56 Å². The van der Waals surface area contributed by atoms with Crippen LogP contribution in [0, 0.1) is 18.3 Å². The van der Waals surface area contributed by atoms with Crippen molar-refractivity contribution < 1.29 is 4.74 Å². The summed E-state index contributed by atoms with van der Waals surface area (Å²) < 4.78 is 7.04. The Balaban J connectivity index is 2.03. The number of nitrogens with zero attached hydrogens (tertiary/aromatic N) is 3. The fraction of sp³-hybridized carbons (Fsp3) is 0.333. The quantitative estimate of drug-likeness (QED) is 0.907. The lowest BCUT2D eigenvalue weighted by Gasteiger charge is -2.15. The number of benzene rings is 1. The van der Waals surface area contributed by atoms with Gasteiger partial charge >= 0.3 is 0 Å². The molecule has 0 aliphatic heterocycles. The predicted molar refractivity (Wildman–Crippen MR) is 77.5 cm³/mol. The second kappa shape index (κ2) is 6.11. The predicted octanol–water partition coefficient (Wildman–Crippen LogP) is 2.80. The van der Waals surface area contributed by atoms with Gasteiger partial charge in [-0.1, -0.05) is 0 Å². The van der Waals surface area contributed by atoms with Gasteiger partial charge in [-0.25, -0.2) is 0 Å². The Morgan fingerprint density at radius 1 is 1.40 bits per heavy atom. The highest BCUT2D eigenvalue weighted by molar-refractivity contribution is 5.48. The summed E-state index contributed by atoms with van der Waals surface area (Å²) in [5, 5.41) is 16.2. The van der Waals surface area contributed by atoms with Gasteiger partial charge in [0.25, 0.3) is 0 Å². The number of aromatic nitrogens is 2. The molecule has 104 valence electrons. The van der Waals surface area contributed by atoms with Crippen LogP contribution >= 0.6 is 0 Å². The summed E-state index contributed by atoms with van der Waals surface area (Å²) in [7, 11) is 1.92. The first-order valence-corrected chi connectivity index (χ1v) is 6.46. The molecular weight excluding hydrogens is 252 g/mol. The van der Waals surface area contributed by atoms with Gasteiger partial charge in [-0.3, -0.25) is 4.68 Å². The zero-order valence-electron chi connectivity index (χ0n) is 11.9. The molecule has 0 amide bonds. The molecule has 1 unspecified atom stereocenters. The number of hydrogen-bond acceptors (Lipinski definition) is 4. The number of aryl methyl sites for hydroxylation is 2. The molecule has 0 bridgehead atoms. The number of rotatable bonds is 5. The van der Waals surface area contributed by atoms with Crippen LogP contribution in [0.5, 0.6) is 5.75 Å².